The summed E-state index contributed by atoms with van der Waals surface area (Å²) in [6.07, 6.45) is 9.09. The Morgan fingerprint density at radius 1 is 1.18 bits per heavy atom. The topological polar surface area (TPSA) is 59.1 Å². The minimum absolute atomic E-state index is 0.0859. The Hall–Kier alpha value is -0.970. The lowest BCUT2D eigenvalue weighted by Crippen LogP contribution is -2.36. The van der Waals surface area contributed by atoms with E-state index in [2.05, 4.69) is 30.1 Å². The van der Waals surface area contributed by atoms with Gasteiger partial charge in [0.25, 0.3) is 0 Å². The van der Waals surface area contributed by atoms with Crippen molar-refractivity contribution in [2.45, 2.75) is 64.3 Å². The Morgan fingerprint density at radius 3 is 2.64 bits per heavy atom. The number of aromatic nitrogens is 1. The smallest absolute Gasteiger partial charge is 0.116 e. The number of aliphatic hydroxyl groups is 1. The van der Waals surface area contributed by atoms with Crippen LogP contribution in [0.2, 0.25) is 0 Å². The molecule has 0 fully saturated rings. The average molecular weight is 321 g/mol. The third-order valence-electron chi connectivity index (χ3n) is 4.09. The Labute approximate surface area is 137 Å². The van der Waals surface area contributed by atoms with Crippen molar-refractivity contribution in [1.29, 1.82) is 0 Å². The fraction of sp³-hybridized carbons (Fsp3) is 0.611. The molecule has 1 aromatic heterocycles. The Kier molecular flexibility index (Phi) is 6.36. The molecule has 122 valence electrons. The second-order valence-corrected chi connectivity index (χ2v) is 7.45. The number of hydrogen-bond donors (Lipinski definition) is 2. The van der Waals surface area contributed by atoms with Gasteiger partial charge in [0.1, 0.15) is 5.01 Å². The van der Waals surface area contributed by atoms with E-state index in [0.717, 1.165) is 16.9 Å². The number of hydrogen-bond acceptors (Lipinski definition) is 4. The van der Waals surface area contributed by atoms with Gasteiger partial charge in [0.15, 0.2) is 0 Å². The number of aliphatic hydroxyl groups excluding tert-OH is 1. The molecule has 0 aliphatic heterocycles. The van der Waals surface area contributed by atoms with Crippen LogP contribution < -0.4 is 5.73 Å². The number of unbranched alkanes of at least 4 members (excludes halogenated alkanes) is 5. The average Bonchev–Trinajstić information content (AvgIpc) is 2.95. The van der Waals surface area contributed by atoms with Gasteiger partial charge in [-0.2, -0.15) is 0 Å². The van der Waals surface area contributed by atoms with E-state index in [-0.39, 0.29) is 6.61 Å². The maximum Gasteiger partial charge on any atom is 0.116 e. The molecule has 1 atom stereocenters. The van der Waals surface area contributed by atoms with E-state index in [1.165, 1.54) is 48.8 Å². The molecule has 2 rings (SSSR count). The van der Waals surface area contributed by atoms with Gasteiger partial charge in [-0.25, -0.2) is 4.98 Å². The lowest BCUT2D eigenvalue weighted by Gasteiger charge is -2.17. The van der Waals surface area contributed by atoms with Crippen LogP contribution in [0.1, 0.15) is 62.9 Å². The molecule has 0 aliphatic carbocycles. The highest BCUT2D eigenvalue weighted by Gasteiger charge is 2.24. The lowest BCUT2D eigenvalue weighted by molar-refractivity contribution is 0.210. The maximum atomic E-state index is 9.37. The number of nitrogens with zero attached hydrogens (tertiary/aromatic N) is 1. The molecule has 2 aromatic rings. The van der Waals surface area contributed by atoms with Crippen LogP contribution in [-0.2, 0) is 12.0 Å². The molecule has 3 nitrogen and oxygen atoms in total. The highest BCUT2D eigenvalue weighted by atomic mass is 32.1. The minimum atomic E-state index is -0.747. The first-order chi connectivity index (χ1) is 10.6. The van der Waals surface area contributed by atoms with Crippen LogP contribution in [0.3, 0.4) is 0 Å². The van der Waals surface area contributed by atoms with Crippen molar-refractivity contribution >= 4 is 21.6 Å². The molecule has 0 aliphatic rings. The SMILES string of the molecule is CCCCCCCCc1ccc2nc(C(C)(N)CO)sc2c1. The zero-order valence-electron chi connectivity index (χ0n) is 13.8. The van der Waals surface area contributed by atoms with Crippen molar-refractivity contribution < 1.29 is 5.11 Å². The molecule has 0 amide bonds. The van der Waals surface area contributed by atoms with Gasteiger partial charge < -0.3 is 10.8 Å². The van der Waals surface area contributed by atoms with E-state index >= 15 is 0 Å². The summed E-state index contributed by atoms with van der Waals surface area (Å²) in [6, 6.07) is 6.48. The van der Waals surface area contributed by atoms with Crippen LogP contribution in [0.15, 0.2) is 18.2 Å². The van der Waals surface area contributed by atoms with E-state index in [1.807, 2.05) is 6.92 Å². The standard InChI is InChI=1S/C18H28N2OS/c1-3-4-5-6-7-8-9-14-10-11-15-16(12-14)22-17(20-15)18(2,19)13-21/h10-12,21H,3-9,13,19H2,1-2H3. The van der Waals surface area contributed by atoms with Gasteiger partial charge in [-0.15, -0.1) is 11.3 Å². The summed E-state index contributed by atoms with van der Waals surface area (Å²) < 4.78 is 1.17. The van der Waals surface area contributed by atoms with Crippen molar-refractivity contribution in [3.8, 4) is 0 Å². The quantitative estimate of drug-likeness (QED) is 0.675. The number of benzene rings is 1. The first kappa shape index (κ1) is 17.4. The van der Waals surface area contributed by atoms with Gasteiger partial charge in [0.05, 0.1) is 22.4 Å². The Morgan fingerprint density at radius 2 is 1.91 bits per heavy atom. The zero-order chi connectivity index (χ0) is 16.0. The van der Waals surface area contributed by atoms with Crippen molar-refractivity contribution in [2.75, 3.05) is 6.61 Å². The van der Waals surface area contributed by atoms with E-state index in [0.29, 0.717) is 0 Å². The normalized spacial score (nSPS) is 14.4. The molecule has 1 heterocycles. The van der Waals surface area contributed by atoms with Gasteiger partial charge in [-0.1, -0.05) is 45.1 Å². The molecule has 0 saturated carbocycles. The first-order valence-corrected chi connectivity index (χ1v) is 9.18. The number of fused-ring (bicyclic) bond motifs is 1. The summed E-state index contributed by atoms with van der Waals surface area (Å²) in [5, 5.41) is 10.2. The molecule has 0 spiro atoms. The summed E-state index contributed by atoms with van der Waals surface area (Å²) in [6.45, 7) is 3.99. The van der Waals surface area contributed by atoms with Crippen LogP contribution >= 0.6 is 11.3 Å². The molecular weight excluding hydrogens is 292 g/mol. The fourth-order valence-corrected chi connectivity index (χ4v) is 3.62. The molecule has 1 aromatic carbocycles. The van der Waals surface area contributed by atoms with Crippen LogP contribution in [0.25, 0.3) is 10.2 Å². The van der Waals surface area contributed by atoms with E-state index in [1.54, 1.807) is 11.3 Å². The highest BCUT2D eigenvalue weighted by molar-refractivity contribution is 7.18. The first-order valence-electron chi connectivity index (χ1n) is 8.36. The maximum absolute atomic E-state index is 9.37. The molecule has 0 saturated heterocycles. The number of thiazole rings is 1. The molecule has 1 unspecified atom stereocenters. The van der Waals surface area contributed by atoms with Gasteiger partial charge >= 0.3 is 0 Å². The molecule has 0 bridgehead atoms. The third-order valence-corrected chi connectivity index (χ3v) is 5.39. The van der Waals surface area contributed by atoms with Crippen molar-refractivity contribution in [2.24, 2.45) is 5.73 Å². The zero-order valence-corrected chi connectivity index (χ0v) is 14.6. The van der Waals surface area contributed by atoms with E-state index in [9.17, 15) is 5.11 Å². The molecular formula is C18H28N2OS. The highest BCUT2D eigenvalue weighted by Crippen LogP contribution is 2.29. The molecule has 0 radical (unpaired) electrons. The number of nitrogens with two attached hydrogens (primary N) is 1. The Balaban J connectivity index is 1.95. The minimum Gasteiger partial charge on any atom is -0.394 e. The molecule has 4 heteroatoms. The van der Waals surface area contributed by atoms with Crippen molar-refractivity contribution in [3.63, 3.8) is 0 Å². The summed E-state index contributed by atoms with van der Waals surface area (Å²) in [5.74, 6) is 0. The predicted molar refractivity (Wildman–Crippen MR) is 95.3 cm³/mol. The third kappa shape index (κ3) is 4.51. The van der Waals surface area contributed by atoms with Gasteiger partial charge in [0.2, 0.25) is 0 Å². The van der Waals surface area contributed by atoms with Gasteiger partial charge in [-0.3, -0.25) is 0 Å². The second-order valence-electron chi connectivity index (χ2n) is 6.41. The summed E-state index contributed by atoms with van der Waals surface area (Å²) >= 11 is 1.60. The predicted octanol–water partition coefficient (Wildman–Crippen LogP) is 4.37. The van der Waals surface area contributed by atoms with Crippen molar-refractivity contribution in [1.82, 2.24) is 4.98 Å². The van der Waals surface area contributed by atoms with Crippen LogP contribution in [-0.4, -0.2) is 16.7 Å². The molecule has 3 N–H and O–H groups in total. The summed E-state index contributed by atoms with van der Waals surface area (Å²) in [4.78, 5) is 4.56. The summed E-state index contributed by atoms with van der Waals surface area (Å²) in [7, 11) is 0. The summed E-state index contributed by atoms with van der Waals surface area (Å²) in [5.41, 5.74) is 7.69. The van der Waals surface area contributed by atoms with Gasteiger partial charge in [0, 0.05) is 0 Å². The molecule has 22 heavy (non-hydrogen) atoms. The van der Waals surface area contributed by atoms with Crippen molar-refractivity contribution in [3.05, 3.63) is 28.8 Å². The van der Waals surface area contributed by atoms with Crippen LogP contribution in [0.5, 0.6) is 0 Å². The Bertz CT molecular complexity index is 592. The van der Waals surface area contributed by atoms with Gasteiger partial charge in [-0.05, 0) is 37.5 Å². The van der Waals surface area contributed by atoms with Crippen LogP contribution in [0.4, 0.5) is 0 Å². The van der Waals surface area contributed by atoms with E-state index in [4.69, 9.17) is 5.73 Å². The van der Waals surface area contributed by atoms with Crippen LogP contribution in [0, 0.1) is 0 Å². The lowest BCUT2D eigenvalue weighted by atomic mass is 10.0. The van der Waals surface area contributed by atoms with E-state index < -0.39 is 5.54 Å². The largest absolute Gasteiger partial charge is 0.394 e. The number of aryl methyl sites for hydroxylation is 1. The monoisotopic (exact) mass is 320 g/mol. The number of rotatable bonds is 9. The fourth-order valence-electron chi connectivity index (χ4n) is 2.55. The second kappa shape index (κ2) is 8.04.